The van der Waals surface area contributed by atoms with Gasteiger partial charge in [0.1, 0.15) is 5.76 Å². The van der Waals surface area contributed by atoms with E-state index in [0.717, 1.165) is 5.56 Å². The van der Waals surface area contributed by atoms with Crippen LogP contribution in [0.15, 0.2) is 52.0 Å². The fourth-order valence-corrected chi connectivity index (χ4v) is 2.55. The van der Waals surface area contributed by atoms with E-state index in [1.807, 2.05) is 6.92 Å². The summed E-state index contributed by atoms with van der Waals surface area (Å²) >= 11 is 0. The summed E-state index contributed by atoms with van der Waals surface area (Å²) in [6.07, 6.45) is 1.54. The Labute approximate surface area is 135 Å². The maximum Gasteiger partial charge on any atom is 0.318 e. The SMILES string of the molecule is C[C@@H](c1ccc(S(N)(=O)=O)cc1)N(C)C(=O)NCc1ccco1. The average molecular weight is 337 g/mol. The fraction of sp³-hybridized carbons (Fsp3) is 0.267. The topological polar surface area (TPSA) is 106 Å². The van der Waals surface area contributed by atoms with Gasteiger partial charge in [-0.3, -0.25) is 0 Å². The minimum atomic E-state index is -3.72. The van der Waals surface area contributed by atoms with Gasteiger partial charge in [-0.25, -0.2) is 18.4 Å². The van der Waals surface area contributed by atoms with Crippen molar-refractivity contribution in [3.8, 4) is 0 Å². The van der Waals surface area contributed by atoms with Crippen LogP contribution in [0.2, 0.25) is 0 Å². The predicted octanol–water partition coefficient (Wildman–Crippen LogP) is 1.83. The second kappa shape index (κ2) is 6.84. The fourth-order valence-electron chi connectivity index (χ4n) is 2.04. The Hall–Kier alpha value is -2.32. The van der Waals surface area contributed by atoms with Crippen molar-refractivity contribution in [1.29, 1.82) is 0 Å². The highest BCUT2D eigenvalue weighted by Crippen LogP contribution is 2.20. The van der Waals surface area contributed by atoms with E-state index in [0.29, 0.717) is 12.3 Å². The lowest BCUT2D eigenvalue weighted by atomic mass is 10.1. The number of rotatable bonds is 5. The molecule has 1 aromatic heterocycles. The van der Waals surface area contributed by atoms with Gasteiger partial charge in [-0.05, 0) is 36.8 Å². The molecule has 2 aromatic rings. The summed E-state index contributed by atoms with van der Waals surface area (Å²) in [7, 11) is -2.06. The molecule has 0 aliphatic rings. The van der Waals surface area contributed by atoms with Gasteiger partial charge in [0.2, 0.25) is 10.0 Å². The third-order valence-corrected chi connectivity index (χ3v) is 4.52. The molecule has 3 N–H and O–H groups in total. The Balaban J connectivity index is 2.00. The first kappa shape index (κ1) is 17.0. The van der Waals surface area contributed by atoms with Gasteiger partial charge in [0.25, 0.3) is 0 Å². The predicted molar refractivity (Wildman–Crippen MR) is 84.9 cm³/mol. The Morgan fingerprint density at radius 1 is 1.30 bits per heavy atom. The quantitative estimate of drug-likeness (QED) is 0.868. The van der Waals surface area contributed by atoms with Gasteiger partial charge in [-0.2, -0.15) is 0 Å². The second-order valence-corrected chi connectivity index (χ2v) is 6.70. The number of benzene rings is 1. The maximum atomic E-state index is 12.1. The van der Waals surface area contributed by atoms with Crippen molar-refractivity contribution in [3.63, 3.8) is 0 Å². The summed E-state index contributed by atoms with van der Waals surface area (Å²) in [6.45, 7) is 2.14. The van der Waals surface area contributed by atoms with Crippen molar-refractivity contribution in [2.45, 2.75) is 24.4 Å². The summed E-state index contributed by atoms with van der Waals surface area (Å²) in [5, 5.41) is 7.81. The number of nitrogens with two attached hydrogens (primary N) is 1. The standard InChI is InChI=1S/C15H19N3O4S/c1-11(12-5-7-14(8-6-12)23(16,20)21)18(2)15(19)17-10-13-4-3-9-22-13/h3-9,11H,10H2,1-2H3,(H,17,19)(H2,16,20,21)/t11-/m0/s1. The summed E-state index contributed by atoms with van der Waals surface area (Å²) in [4.78, 5) is 13.7. The maximum absolute atomic E-state index is 12.1. The Morgan fingerprint density at radius 2 is 1.96 bits per heavy atom. The second-order valence-electron chi connectivity index (χ2n) is 5.14. The third-order valence-electron chi connectivity index (χ3n) is 3.59. The van der Waals surface area contributed by atoms with Crippen molar-refractivity contribution in [1.82, 2.24) is 10.2 Å². The first-order valence-corrected chi connectivity index (χ1v) is 8.49. The van der Waals surface area contributed by atoms with Crippen LogP contribution in [0.3, 0.4) is 0 Å². The molecule has 0 saturated carbocycles. The van der Waals surface area contributed by atoms with Crippen molar-refractivity contribution in [2.75, 3.05) is 7.05 Å². The number of primary sulfonamides is 1. The molecule has 1 aromatic carbocycles. The molecule has 7 nitrogen and oxygen atoms in total. The minimum Gasteiger partial charge on any atom is -0.467 e. The van der Waals surface area contributed by atoms with Crippen LogP contribution < -0.4 is 10.5 Å². The Bertz CT molecular complexity index is 755. The summed E-state index contributed by atoms with van der Waals surface area (Å²) in [5.74, 6) is 0.664. The molecular weight excluding hydrogens is 318 g/mol. The molecule has 0 unspecified atom stereocenters. The summed E-state index contributed by atoms with van der Waals surface area (Å²) < 4.78 is 27.6. The lowest BCUT2D eigenvalue weighted by Crippen LogP contribution is -2.38. The lowest BCUT2D eigenvalue weighted by Gasteiger charge is -2.25. The molecule has 124 valence electrons. The van der Waals surface area contributed by atoms with Crippen molar-refractivity contribution < 1.29 is 17.6 Å². The van der Waals surface area contributed by atoms with E-state index in [1.54, 1.807) is 37.6 Å². The van der Waals surface area contributed by atoms with Crippen LogP contribution in [-0.4, -0.2) is 26.4 Å². The highest BCUT2D eigenvalue weighted by molar-refractivity contribution is 7.89. The molecule has 23 heavy (non-hydrogen) atoms. The molecular formula is C15H19N3O4S. The van der Waals surface area contributed by atoms with E-state index >= 15 is 0 Å². The minimum absolute atomic E-state index is 0.0402. The molecule has 0 spiro atoms. The van der Waals surface area contributed by atoms with Crippen molar-refractivity contribution >= 4 is 16.1 Å². The first-order chi connectivity index (χ1) is 10.8. The molecule has 0 saturated heterocycles. The highest BCUT2D eigenvalue weighted by atomic mass is 32.2. The number of carbonyl (C=O) groups is 1. The lowest BCUT2D eigenvalue weighted by molar-refractivity contribution is 0.193. The van der Waals surface area contributed by atoms with Crippen LogP contribution in [0.25, 0.3) is 0 Å². The number of hydrogen-bond donors (Lipinski definition) is 2. The van der Waals surface area contributed by atoms with E-state index in [4.69, 9.17) is 9.56 Å². The van der Waals surface area contributed by atoms with Crippen LogP contribution in [0.4, 0.5) is 4.79 Å². The number of amides is 2. The molecule has 2 amide bonds. The number of sulfonamides is 1. The monoisotopic (exact) mass is 337 g/mol. The van der Waals surface area contributed by atoms with Crippen LogP contribution in [0.1, 0.15) is 24.3 Å². The van der Waals surface area contributed by atoms with Crippen LogP contribution in [0, 0.1) is 0 Å². The molecule has 0 aliphatic carbocycles. The smallest absolute Gasteiger partial charge is 0.318 e. The number of nitrogens with one attached hydrogen (secondary N) is 1. The van der Waals surface area contributed by atoms with Crippen LogP contribution in [0.5, 0.6) is 0 Å². The zero-order chi connectivity index (χ0) is 17.0. The van der Waals surface area contributed by atoms with Gasteiger partial charge in [-0.1, -0.05) is 12.1 Å². The summed E-state index contributed by atoms with van der Waals surface area (Å²) in [6, 6.07) is 9.16. The van der Waals surface area contributed by atoms with E-state index in [2.05, 4.69) is 5.32 Å². The highest BCUT2D eigenvalue weighted by Gasteiger charge is 2.18. The van der Waals surface area contributed by atoms with Crippen LogP contribution in [-0.2, 0) is 16.6 Å². The first-order valence-electron chi connectivity index (χ1n) is 6.95. The van der Waals surface area contributed by atoms with Gasteiger partial charge in [0, 0.05) is 7.05 Å². The van der Waals surface area contributed by atoms with Crippen molar-refractivity contribution in [3.05, 3.63) is 54.0 Å². The van der Waals surface area contributed by atoms with Gasteiger partial charge in [-0.15, -0.1) is 0 Å². The van der Waals surface area contributed by atoms with Crippen molar-refractivity contribution in [2.24, 2.45) is 5.14 Å². The Morgan fingerprint density at radius 3 is 2.48 bits per heavy atom. The number of carbonyl (C=O) groups excluding carboxylic acids is 1. The van der Waals surface area contributed by atoms with Gasteiger partial charge in [0.15, 0.2) is 0 Å². The van der Waals surface area contributed by atoms with Crippen LogP contribution >= 0.6 is 0 Å². The molecule has 0 bridgehead atoms. The Kier molecular flexibility index (Phi) is 5.07. The zero-order valence-corrected chi connectivity index (χ0v) is 13.7. The van der Waals surface area contributed by atoms with E-state index < -0.39 is 10.0 Å². The number of urea groups is 1. The van der Waals surface area contributed by atoms with Gasteiger partial charge in [0.05, 0.1) is 23.7 Å². The zero-order valence-electron chi connectivity index (χ0n) is 12.9. The number of furan rings is 1. The molecule has 1 heterocycles. The van der Waals surface area contributed by atoms with E-state index in [9.17, 15) is 13.2 Å². The molecule has 8 heteroatoms. The van der Waals surface area contributed by atoms with Gasteiger partial charge >= 0.3 is 6.03 Å². The largest absolute Gasteiger partial charge is 0.467 e. The van der Waals surface area contributed by atoms with E-state index in [-0.39, 0.29) is 17.0 Å². The number of hydrogen-bond acceptors (Lipinski definition) is 4. The van der Waals surface area contributed by atoms with E-state index in [1.165, 1.54) is 17.0 Å². The molecule has 0 aliphatic heterocycles. The normalized spacial score (nSPS) is 12.7. The molecule has 0 radical (unpaired) electrons. The number of nitrogens with zero attached hydrogens (tertiary/aromatic N) is 1. The third kappa shape index (κ3) is 4.33. The average Bonchev–Trinajstić information content (AvgIpc) is 3.04. The molecule has 2 rings (SSSR count). The molecule has 0 fully saturated rings. The molecule has 1 atom stereocenters. The van der Waals surface area contributed by atoms with Gasteiger partial charge < -0.3 is 14.6 Å². The summed E-state index contributed by atoms with van der Waals surface area (Å²) in [5.41, 5.74) is 0.799.